The van der Waals surface area contributed by atoms with Crippen LogP contribution in [0, 0.1) is 5.82 Å². The number of hydrogen-bond acceptors (Lipinski definition) is 7. The summed E-state index contributed by atoms with van der Waals surface area (Å²) in [5.41, 5.74) is 1.46. The van der Waals surface area contributed by atoms with Crippen molar-refractivity contribution in [3.05, 3.63) is 59.1 Å². The molecule has 0 aliphatic carbocycles. The van der Waals surface area contributed by atoms with E-state index < -0.39 is 20.7 Å². The Labute approximate surface area is 204 Å². The number of benzene rings is 2. The van der Waals surface area contributed by atoms with Crippen molar-refractivity contribution in [2.75, 3.05) is 42.1 Å². The van der Waals surface area contributed by atoms with Gasteiger partial charge in [0.1, 0.15) is 16.5 Å². The van der Waals surface area contributed by atoms with Gasteiger partial charge in [-0.05, 0) is 25.2 Å². The average molecular weight is 510 g/mol. The summed E-state index contributed by atoms with van der Waals surface area (Å²) in [5, 5.41) is 9.98. The Bertz CT molecular complexity index is 1260. The lowest BCUT2D eigenvalue weighted by Gasteiger charge is -2.23. The van der Waals surface area contributed by atoms with E-state index in [9.17, 15) is 12.8 Å². The molecule has 0 amide bonds. The Morgan fingerprint density at radius 1 is 1.15 bits per heavy atom. The molecule has 0 saturated heterocycles. The second kappa shape index (κ2) is 10.2. The number of halogens is 2. The predicted octanol–water partition coefficient (Wildman–Crippen LogP) is 4.96. The number of hydrogen-bond donors (Lipinski definition) is 3. The molecule has 184 valence electrons. The molecule has 3 aromatic rings. The number of aromatic nitrogens is 1. The highest BCUT2D eigenvalue weighted by atomic mass is 35.5. The van der Waals surface area contributed by atoms with Crippen LogP contribution in [0.2, 0.25) is 5.02 Å². The highest BCUT2D eigenvalue weighted by molar-refractivity contribution is 7.92. The van der Waals surface area contributed by atoms with Gasteiger partial charge in [0.2, 0.25) is 0 Å². The maximum absolute atomic E-state index is 15.0. The highest BCUT2D eigenvalue weighted by Crippen LogP contribution is 2.34. The average Bonchev–Trinajstić information content (AvgIpc) is 3.23. The van der Waals surface area contributed by atoms with Gasteiger partial charge in [0.05, 0.1) is 22.1 Å². The second-order valence-corrected chi connectivity index (χ2v) is 10.9. The van der Waals surface area contributed by atoms with Crippen LogP contribution in [0.4, 0.5) is 27.3 Å². The third-order valence-electron chi connectivity index (χ3n) is 5.08. The largest absolute Gasteiger partial charge is 0.372 e. The summed E-state index contributed by atoms with van der Waals surface area (Å²) in [4.78, 5) is 1.44. The number of nitrogens with zero attached hydrogens (tertiary/aromatic N) is 2. The minimum Gasteiger partial charge on any atom is -0.372 e. The summed E-state index contributed by atoms with van der Waals surface area (Å²) in [6.45, 7) is 7.22. The van der Waals surface area contributed by atoms with Crippen LogP contribution in [0.5, 0.6) is 0 Å². The molecule has 1 heterocycles. The maximum Gasteiger partial charge on any atom is 0.266 e. The monoisotopic (exact) mass is 509 g/mol. The van der Waals surface area contributed by atoms with Crippen molar-refractivity contribution < 1.29 is 17.3 Å². The quantitative estimate of drug-likeness (QED) is 0.374. The minimum absolute atomic E-state index is 0.0406. The molecule has 3 rings (SSSR count). The van der Waals surface area contributed by atoms with Crippen LogP contribution in [-0.4, -0.2) is 40.8 Å². The topological polar surface area (TPSA) is 99.5 Å². The van der Waals surface area contributed by atoms with E-state index in [1.54, 1.807) is 0 Å². The lowest BCUT2D eigenvalue weighted by Crippen LogP contribution is -2.27. The number of para-hydroxylation sites is 2. The molecule has 3 N–H and O–H groups in total. The lowest BCUT2D eigenvalue weighted by atomic mass is 9.93. The van der Waals surface area contributed by atoms with Crippen LogP contribution in [0.15, 0.2) is 51.9 Å². The fourth-order valence-corrected chi connectivity index (χ4v) is 4.50. The van der Waals surface area contributed by atoms with E-state index in [0.717, 1.165) is 30.9 Å². The van der Waals surface area contributed by atoms with Crippen molar-refractivity contribution in [3.8, 4) is 0 Å². The molecule has 0 radical (unpaired) electrons. The maximum atomic E-state index is 15.0. The Morgan fingerprint density at radius 3 is 2.50 bits per heavy atom. The summed E-state index contributed by atoms with van der Waals surface area (Å²) < 4.78 is 48.1. The van der Waals surface area contributed by atoms with Gasteiger partial charge in [-0.3, -0.25) is 4.72 Å². The first-order chi connectivity index (χ1) is 15.9. The van der Waals surface area contributed by atoms with E-state index in [0.29, 0.717) is 11.4 Å². The number of sulfonamides is 1. The standard InChI is InChI=1S/C23H29ClFN5O3S/c1-23(2,3)21-14-22(28-33-21)29-34(31,32)20-12-15(24)18(13-16(20)25)27-17-8-6-7-9-19(17)30(5)11-10-26-4/h6-9,12-14,26-27H,10-11H2,1-5H3,(H,28,29). The first-order valence-corrected chi connectivity index (χ1v) is 12.5. The Morgan fingerprint density at radius 2 is 1.85 bits per heavy atom. The molecule has 1 aromatic heterocycles. The number of nitrogens with one attached hydrogen (secondary N) is 3. The fraction of sp³-hybridized carbons (Fsp3) is 0.348. The fourth-order valence-electron chi connectivity index (χ4n) is 3.16. The third-order valence-corrected chi connectivity index (χ3v) is 6.76. The van der Waals surface area contributed by atoms with Crippen LogP contribution < -0.4 is 20.3 Å². The van der Waals surface area contributed by atoms with Crippen molar-refractivity contribution in [2.24, 2.45) is 0 Å². The van der Waals surface area contributed by atoms with Crippen LogP contribution in [-0.2, 0) is 15.4 Å². The van der Waals surface area contributed by atoms with E-state index >= 15 is 0 Å². The van der Waals surface area contributed by atoms with Crippen LogP contribution in [0.3, 0.4) is 0 Å². The SMILES string of the molecule is CNCCN(C)c1ccccc1Nc1cc(F)c(S(=O)(=O)Nc2cc(C(C)(C)C)on2)cc1Cl. The van der Waals surface area contributed by atoms with Gasteiger partial charge in [-0.25, -0.2) is 12.8 Å². The molecule has 0 aliphatic heterocycles. The molecule has 8 nitrogen and oxygen atoms in total. The molecule has 0 bridgehead atoms. The van der Waals surface area contributed by atoms with Gasteiger partial charge >= 0.3 is 0 Å². The van der Waals surface area contributed by atoms with Gasteiger partial charge in [-0.15, -0.1) is 0 Å². The van der Waals surface area contributed by atoms with E-state index in [2.05, 4.69) is 20.5 Å². The van der Waals surface area contributed by atoms with Gasteiger partial charge in [0.25, 0.3) is 10.0 Å². The molecule has 11 heteroatoms. The Balaban J connectivity index is 1.86. The van der Waals surface area contributed by atoms with Crippen LogP contribution in [0.25, 0.3) is 0 Å². The lowest BCUT2D eigenvalue weighted by molar-refractivity contribution is 0.331. The summed E-state index contributed by atoms with van der Waals surface area (Å²) >= 11 is 6.36. The van der Waals surface area contributed by atoms with Crippen molar-refractivity contribution in [1.82, 2.24) is 10.5 Å². The van der Waals surface area contributed by atoms with Crippen molar-refractivity contribution >= 4 is 44.5 Å². The molecule has 0 saturated carbocycles. The zero-order valence-corrected chi connectivity index (χ0v) is 21.3. The summed E-state index contributed by atoms with van der Waals surface area (Å²) in [6, 6.07) is 11.1. The molecule has 2 aromatic carbocycles. The summed E-state index contributed by atoms with van der Waals surface area (Å²) in [6.07, 6.45) is 0. The number of rotatable bonds is 9. The molecule has 0 unspecified atom stereocenters. The summed E-state index contributed by atoms with van der Waals surface area (Å²) in [5.74, 6) is -0.511. The Kier molecular flexibility index (Phi) is 7.74. The van der Waals surface area contributed by atoms with E-state index in [-0.39, 0.29) is 21.9 Å². The van der Waals surface area contributed by atoms with Crippen LogP contribution in [0.1, 0.15) is 26.5 Å². The number of likely N-dealkylation sites (N-methyl/N-ethyl adjacent to an activating group) is 2. The molecule has 0 spiro atoms. The molecule has 0 atom stereocenters. The van der Waals surface area contributed by atoms with Crippen molar-refractivity contribution in [2.45, 2.75) is 31.1 Å². The van der Waals surface area contributed by atoms with Crippen molar-refractivity contribution in [1.29, 1.82) is 0 Å². The van der Waals surface area contributed by atoms with Crippen molar-refractivity contribution in [3.63, 3.8) is 0 Å². The second-order valence-electron chi connectivity index (χ2n) is 8.86. The van der Waals surface area contributed by atoms with Gasteiger partial charge in [-0.1, -0.05) is 49.7 Å². The smallest absolute Gasteiger partial charge is 0.266 e. The first kappa shape index (κ1) is 25.8. The third kappa shape index (κ3) is 5.99. The number of anilines is 4. The highest BCUT2D eigenvalue weighted by Gasteiger charge is 2.25. The van der Waals surface area contributed by atoms with E-state index in [1.807, 2.05) is 64.0 Å². The zero-order chi connectivity index (χ0) is 25.1. The predicted molar refractivity (Wildman–Crippen MR) is 134 cm³/mol. The van der Waals surface area contributed by atoms with Gasteiger partial charge in [0, 0.05) is 37.7 Å². The first-order valence-electron chi connectivity index (χ1n) is 10.6. The normalized spacial score (nSPS) is 12.0. The zero-order valence-electron chi connectivity index (χ0n) is 19.7. The summed E-state index contributed by atoms with van der Waals surface area (Å²) in [7, 11) is -0.482. The van der Waals surface area contributed by atoms with E-state index in [4.69, 9.17) is 16.1 Å². The molecule has 0 fully saturated rings. The molecule has 0 aliphatic rings. The van der Waals surface area contributed by atoms with Gasteiger partial charge < -0.3 is 20.1 Å². The Hall–Kier alpha value is -2.82. The minimum atomic E-state index is -4.30. The van der Waals surface area contributed by atoms with Crippen LogP contribution >= 0.6 is 11.6 Å². The van der Waals surface area contributed by atoms with Gasteiger partial charge in [-0.2, -0.15) is 0 Å². The molecular formula is C23H29ClFN5O3S. The molecule has 34 heavy (non-hydrogen) atoms. The van der Waals surface area contributed by atoms with E-state index in [1.165, 1.54) is 6.07 Å². The van der Waals surface area contributed by atoms with Gasteiger partial charge in [0.15, 0.2) is 5.82 Å². The molecular weight excluding hydrogens is 481 g/mol.